The molecule has 20 heavy (non-hydrogen) atoms. The van der Waals surface area contributed by atoms with Gasteiger partial charge in [0.25, 0.3) is 0 Å². The number of hydrogen-bond acceptors (Lipinski definition) is 3. The molecule has 0 spiro atoms. The molecule has 0 aliphatic carbocycles. The average molecular weight is 386 g/mol. The average Bonchev–Trinajstić information content (AvgIpc) is 2.39. The molecule has 0 aromatic heterocycles. The van der Waals surface area contributed by atoms with Crippen LogP contribution in [0.5, 0.6) is 0 Å². The van der Waals surface area contributed by atoms with Gasteiger partial charge in [-0.15, -0.1) is 12.4 Å². The Bertz CT molecular complexity index is 537. The van der Waals surface area contributed by atoms with Crippen molar-refractivity contribution in [2.45, 2.75) is 44.0 Å². The first-order valence-electron chi connectivity index (χ1n) is 6.30. The minimum atomic E-state index is -3.58. The van der Waals surface area contributed by atoms with E-state index in [-0.39, 0.29) is 23.8 Å². The molecule has 4 nitrogen and oxygen atoms in total. The number of nitrogens with one attached hydrogen (secondary N) is 1. The zero-order valence-electron chi connectivity index (χ0n) is 11.9. The van der Waals surface area contributed by atoms with Crippen molar-refractivity contribution in [2.24, 2.45) is 5.73 Å². The SMILES string of the molecule is CCC(CC)(CN)NS(=O)(=O)c1cc(C)ccc1Br.Cl. The van der Waals surface area contributed by atoms with E-state index in [4.69, 9.17) is 5.73 Å². The van der Waals surface area contributed by atoms with E-state index in [1.165, 1.54) is 0 Å². The lowest BCUT2D eigenvalue weighted by Gasteiger charge is -2.31. The van der Waals surface area contributed by atoms with Crippen LogP contribution in [0.2, 0.25) is 0 Å². The first kappa shape index (κ1) is 19.9. The molecule has 0 atom stereocenters. The predicted molar refractivity (Wildman–Crippen MR) is 88.8 cm³/mol. The summed E-state index contributed by atoms with van der Waals surface area (Å²) in [6.45, 7) is 6.01. The summed E-state index contributed by atoms with van der Waals surface area (Å²) in [7, 11) is -3.58. The van der Waals surface area contributed by atoms with Crippen LogP contribution in [0.15, 0.2) is 27.6 Å². The van der Waals surface area contributed by atoms with Crippen molar-refractivity contribution >= 4 is 38.4 Å². The smallest absolute Gasteiger partial charge is 0.242 e. The Morgan fingerprint density at radius 2 is 1.85 bits per heavy atom. The fourth-order valence-corrected chi connectivity index (χ4v) is 4.48. The van der Waals surface area contributed by atoms with E-state index in [1.807, 2.05) is 26.8 Å². The van der Waals surface area contributed by atoms with Gasteiger partial charge in [-0.25, -0.2) is 13.1 Å². The van der Waals surface area contributed by atoms with Crippen molar-refractivity contribution in [3.05, 3.63) is 28.2 Å². The van der Waals surface area contributed by atoms with Crippen molar-refractivity contribution in [3.8, 4) is 0 Å². The van der Waals surface area contributed by atoms with Crippen molar-refractivity contribution in [1.82, 2.24) is 4.72 Å². The number of halogens is 2. The highest BCUT2D eigenvalue weighted by molar-refractivity contribution is 9.10. The molecule has 116 valence electrons. The van der Waals surface area contributed by atoms with E-state index in [0.29, 0.717) is 17.3 Å². The highest BCUT2D eigenvalue weighted by Crippen LogP contribution is 2.25. The van der Waals surface area contributed by atoms with E-state index in [9.17, 15) is 8.42 Å². The molecular weight excluding hydrogens is 364 g/mol. The highest BCUT2D eigenvalue weighted by Gasteiger charge is 2.31. The summed E-state index contributed by atoms with van der Waals surface area (Å²) in [5.41, 5.74) is 6.06. The van der Waals surface area contributed by atoms with Crippen molar-refractivity contribution in [3.63, 3.8) is 0 Å². The summed E-state index contributed by atoms with van der Waals surface area (Å²) in [5.74, 6) is 0. The zero-order chi connectivity index (χ0) is 14.7. The van der Waals surface area contributed by atoms with Gasteiger partial charge < -0.3 is 5.73 Å². The van der Waals surface area contributed by atoms with Crippen LogP contribution in [-0.2, 0) is 10.0 Å². The van der Waals surface area contributed by atoms with Crippen LogP contribution >= 0.6 is 28.3 Å². The Labute approximate surface area is 136 Å². The van der Waals surface area contributed by atoms with Gasteiger partial charge in [0, 0.05) is 16.6 Å². The van der Waals surface area contributed by atoms with E-state index in [0.717, 1.165) is 5.56 Å². The molecule has 1 aromatic carbocycles. The van der Waals surface area contributed by atoms with Crippen LogP contribution in [0.4, 0.5) is 0 Å². The van der Waals surface area contributed by atoms with Gasteiger partial charge >= 0.3 is 0 Å². The summed E-state index contributed by atoms with van der Waals surface area (Å²) in [5, 5.41) is 0. The lowest BCUT2D eigenvalue weighted by molar-refractivity contribution is 0.363. The van der Waals surface area contributed by atoms with E-state index < -0.39 is 15.6 Å². The minimum Gasteiger partial charge on any atom is -0.329 e. The zero-order valence-corrected chi connectivity index (χ0v) is 15.2. The van der Waals surface area contributed by atoms with E-state index >= 15 is 0 Å². The number of hydrogen-bond donors (Lipinski definition) is 2. The topological polar surface area (TPSA) is 72.2 Å². The highest BCUT2D eigenvalue weighted by atomic mass is 79.9. The number of rotatable bonds is 6. The van der Waals surface area contributed by atoms with E-state index in [2.05, 4.69) is 20.7 Å². The van der Waals surface area contributed by atoms with Gasteiger partial charge in [0.05, 0.1) is 4.90 Å². The molecular formula is C13H22BrClN2O2S. The molecule has 0 fully saturated rings. The number of nitrogens with two attached hydrogens (primary N) is 1. The second-order valence-electron chi connectivity index (χ2n) is 4.73. The molecule has 0 bridgehead atoms. The van der Waals surface area contributed by atoms with Gasteiger partial charge in [0.15, 0.2) is 0 Å². The molecule has 0 heterocycles. The van der Waals surface area contributed by atoms with Crippen molar-refractivity contribution in [2.75, 3.05) is 6.54 Å². The molecule has 3 N–H and O–H groups in total. The van der Waals surface area contributed by atoms with Gasteiger partial charge in [-0.3, -0.25) is 0 Å². The second-order valence-corrected chi connectivity index (χ2v) is 7.24. The third-order valence-corrected chi connectivity index (χ3v) is 6.04. The maximum Gasteiger partial charge on any atom is 0.242 e. The number of benzene rings is 1. The van der Waals surface area contributed by atoms with Gasteiger partial charge in [0.2, 0.25) is 10.0 Å². The molecule has 1 aromatic rings. The Morgan fingerprint density at radius 1 is 1.30 bits per heavy atom. The first-order valence-corrected chi connectivity index (χ1v) is 8.58. The molecule has 0 saturated carbocycles. The molecule has 1 rings (SSSR count). The summed E-state index contributed by atoms with van der Waals surface area (Å²) < 4.78 is 28.3. The standard InChI is InChI=1S/C13H21BrN2O2S.ClH/c1-4-13(5-2,9-15)16-19(17,18)12-8-10(3)6-7-11(12)14;/h6-8,16H,4-5,9,15H2,1-3H3;1H. The van der Waals surface area contributed by atoms with E-state index in [1.54, 1.807) is 12.1 Å². The van der Waals surface area contributed by atoms with Gasteiger partial charge in [0.1, 0.15) is 0 Å². The van der Waals surface area contributed by atoms with Crippen LogP contribution in [-0.4, -0.2) is 20.5 Å². The van der Waals surface area contributed by atoms with Crippen LogP contribution in [0.3, 0.4) is 0 Å². The Balaban J connectivity index is 0.00000361. The fraction of sp³-hybridized carbons (Fsp3) is 0.538. The third kappa shape index (κ3) is 4.43. The maximum absolute atomic E-state index is 12.5. The predicted octanol–water partition coefficient (Wildman–Crippen LogP) is 2.98. The number of sulfonamides is 1. The van der Waals surface area contributed by atoms with Gasteiger partial charge in [-0.1, -0.05) is 19.9 Å². The molecule has 7 heteroatoms. The molecule has 0 amide bonds. The minimum absolute atomic E-state index is 0. The lowest BCUT2D eigenvalue weighted by atomic mass is 9.95. The summed E-state index contributed by atoms with van der Waals surface area (Å²) in [6.07, 6.45) is 1.31. The molecule has 0 saturated heterocycles. The summed E-state index contributed by atoms with van der Waals surface area (Å²) >= 11 is 3.29. The molecule has 0 radical (unpaired) electrons. The van der Waals surface area contributed by atoms with Crippen LogP contribution < -0.4 is 10.5 Å². The Morgan fingerprint density at radius 3 is 2.30 bits per heavy atom. The van der Waals surface area contributed by atoms with Crippen LogP contribution in [0.1, 0.15) is 32.3 Å². The van der Waals surface area contributed by atoms with Gasteiger partial charge in [-0.2, -0.15) is 0 Å². The third-order valence-electron chi connectivity index (χ3n) is 3.47. The molecule has 0 aliphatic heterocycles. The summed E-state index contributed by atoms with van der Waals surface area (Å²) in [6, 6.07) is 5.25. The van der Waals surface area contributed by atoms with Crippen molar-refractivity contribution < 1.29 is 8.42 Å². The quantitative estimate of drug-likeness (QED) is 0.790. The largest absolute Gasteiger partial charge is 0.329 e. The summed E-state index contributed by atoms with van der Waals surface area (Å²) in [4.78, 5) is 0.257. The maximum atomic E-state index is 12.5. The molecule has 0 aliphatic rings. The van der Waals surface area contributed by atoms with Crippen molar-refractivity contribution in [1.29, 1.82) is 0 Å². The lowest BCUT2D eigenvalue weighted by Crippen LogP contribution is -2.52. The number of aryl methyl sites for hydroxylation is 1. The van der Waals surface area contributed by atoms with Crippen LogP contribution in [0, 0.1) is 6.92 Å². The Hall–Kier alpha value is -0.140. The first-order chi connectivity index (χ1) is 8.80. The monoisotopic (exact) mass is 384 g/mol. The molecule has 0 unspecified atom stereocenters. The van der Waals surface area contributed by atoms with Gasteiger partial charge in [-0.05, 0) is 53.4 Å². The normalized spacial score (nSPS) is 12.1. The van der Waals surface area contributed by atoms with Crippen LogP contribution in [0.25, 0.3) is 0 Å². The Kier molecular flexibility index (Phi) is 7.70. The fourth-order valence-electron chi connectivity index (χ4n) is 1.88. The second kappa shape index (κ2) is 7.75.